The van der Waals surface area contributed by atoms with Crippen molar-refractivity contribution in [2.45, 2.75) is 31.8 Å². The van der Waals surface area contributed by atoms with Gasteiger partial charge in [0.1, 0.15) is 11.6 Å². The van der Waals surface area contributed by atoms with Crippen molar-refractivity contribution in [3.63, 3.8) is 0 Å². The third-order valence-corrected chi connectivity index (χ3v) is 7.99. The molecule has 34 heavy (non-hydrogen) atoms. The molecule has 1 saturated heterocycles. The van der Waals surface area contributed by atoms with Crippen LogP contribution in [0.3, 0.4) is 0 Å². The van der Waals surface area contributed by atoms with E-state index in [2.05, 4.69) is 5.10 Å². The second-order valence-electron chi connectivity index (χ2n) is 9.01. The number of halogens is 2. The molecule has 0 N–H and O–H groups in total. The minimum Gasteiger partial charge on any atom is -0.290 e. The van der Waals surface area contributed by atoms with Crippen molar-refractivity contribution in [1.82, 2.24) is 14.2 Å². The second-order valence-corrected chi connectivity index (χ2v) is 11.0. The molecule has 2 unspecified atom stereocenters. The summed E-state index contributed by atoms with van der Waals surface area (Å²) in [7, 11) is -3.29. The monoisotopic (exact) mass is 490 g/mol. The first-order chi connectivity index (χ1) is 16.0. The van der Waals surface area contributed by atoms with E-state index < -0.39 is 33.2 Å². The predicted molar refractivity (Wildman–Crippen MR) is 126 cm³/mol. The van der Waals surface area contributed by atoms with Gasteiger partial charge in [-0.2, -0.15) is 9.41 Å². The van der Waals surface area contributed by atoms with Gasteiger partial charge < -0.3 is 0 Å². The first-order valence-corrected chi connectivity index (χ1v) is 13.0. The number of carbonyl (C=O) groups is 1. The molecule has 1 fully saturated rings. The SMILES string of the molecule is CC(C(=O)N1N=C(c2cc(F)ccc2F)CC1(C)c1ccccc1)N1CCN(S(C)(=O)=O)CC1. The van der Waals surface area contributed by atoms with Gasteiger partial charge in [0.05, 0.1) is 23.5 Å². The highest BCUT2D eigenvalue weighted by Crippen LogP contribution is 2.40. The Balaban J connectivity index is 1.65. The molecule has 0 saturated carbocycles. The summed E-state index contributed by atoms with van der Waals surface area (Å²) >= 11 is 0. The van der Waals surface area contributed by atoms with E-state index in [1.165, 1.54) is 15.6 Å². The Kier molecular flexibility index (Phi) is 6.58. The Hall–Kier alpha value is -2.69. The number of sulfonamides is 1. The molecule has 4 rings (SSSR count). The molecule has 2 heterocycles. The average Bonchev–Trinajstić information content (AvgIpc) is 3.18. The van der Waals surface area contributed by atoms with E-state index in [0.29, 0.717) is 31.9 Å². The van der Waals surface area contributed by atoms with Gasteiger partial charge in [-0.3, -0.25) is 9.69 Å². The van der Waals surface area contributed by atoms with Crippen molar-refractivity contribution in [2.75, 3.05) is 32.4 Å². The number of piperazine rings is 1. The van der Waals surface area contributed by atoms with Crippen LogP contribution in [-0.4, -0.2) is 72.7 Å². The van der Waals surface area contributed by atoms with E-state index in [0.717, 1.165) is 23.8 Å². The minimum absolute atomic E-state index is 0.0341. The molecule has 0 bridgehead atoms. The van der Waals surface area contributed by atoms with Gasteiger partial charge >= 0.3 is 0 Å². The van der Waals surface area contributed by atoms with Gasteiger partial charge in [0, 0.05) is 38.2 Å². The minimum atomic E-state index is -3.29. The van der Waals surface area contributed by atoms with Gasteiger partial charge in [0.15, 0.2) is 0 Å². The third-order valence-electron chi connectivity index (χ3n) is 6.69. The largest absolute Gasteiger partial charge is 0.290 e. The van der Waals surface area contributed by atoms with Gasteiger partial charge in [-0.25, -0.2) is 22.2 Å². The lowest BCUT2D eigenvalue weighted by molar-refractivity contribution is -0.142. The van der Waals surface area contributed by atoms with E-state index in [-0.39, 0.29) is 17.9 Å². The maximum absolute atomic E-state index is 14.6. The molecular weight excluding hydrogens is 462 g/mol. The lowest BCUT2D eigenvalue weighted by Gasteiger charge is -2.40. The molecular formula is C24H28F2N4O3S. The standard InChI is InChI=1S/C24H28F2N4O3S/c1-17(28-11-13-29(14-12-28)34(3,32)33)23(31)30-24(2,18-7-5-4-6-8-18)16-22(27-30)20-15-19(25)9-10-21(20)26/h4-10,15,17H,11-14,16H2,1-3H3. The normalized spacial score (nSPS) is 23.1. The molecule has 2 aliphatic rings. The molecule has 0 aliphatic carbocycles. The van der Waals surface area contributed by atoms with Crippen molar-refractivity contribution in [1.29, 1.82) is 0 Å². The predicted octanol–water partition coefficient (Wildman–Crippen LogP) is 2.78. The molecule has 10 heteroatoms. The molecule has 1 amide bonds. The Morgan fingerprint density at radius 1 is 1.06 bits per heavy atom. The fraction of sp³-hybridized carbons (Fsp3) is 0.417. The number of hydrazone groups is 1. The zero-order valence-corrected chi connectivity index (χ0v) is 20.2. The lowest BCUT2D eigenvalue weighted by Crippen LogP contribution is -2.56. The molecule has 182 valence electrons. The Labute approximate surface area is 198 Å². The highest BCUT2D eigenvalue weighted by molar-refractivity contribution is 7.88. The zero-order chi connectivity index (χ0) is 24.7. The summed E-state index contributed by atoms with van der Waals surface area (Å²) in [6, 6.07) is 12.0. The van der Waals surface area contributed by atoms with Crippen LogP contribution in [0, 0.1) is 11.6 Å². The van der Waals surface area contributed by atoms with Crippen molar-refractivity contribution in [3.8, 4) is 0 Å². The fourth-order valence-corrected chi connectivity index (χ4v) is 5.43. The number of rotatable bonds is 5. The number of carbonyl (C=O) groups excluding carboxylic acids is 1. The summed E-state index contributed by atoms with van der Waals surface area (Å²) < 4.78 is 53.5. The molecule has 0 radical (unpaired) electrons. The van der Waals surface area contributed by atoms with Crippen LogP contribution in [0.5, 0.6) is 0 Å². The maximum atomic E-state index is 14.6. The first kappa shape index (κ1) is 24.4. The van der Waals surface area contributed by atoms with Gasteiger partial charge in [-0.05, 0) is 37.6 Å². The average molecular weight is 491 g/mol. The van der Waals surface area contributed by atoms with E-state index in [9.17, 15) is 22.0 Å². The van der Waals surface area contributed by atoms with Crippen molar-refractivity contribution < 1.29 is 22.0 Å². The lowest BCUT2D eigenvalue weighted by atomic mass is 9.85. The van der Waals surface area contributed by atoms with Crippen molar-refractivity contribution in [2.24, 2.45) is 5.10 Å². The van der Waals surface area contributed by atoms with E-state index in [1.54, 1.807) is 6.92 Å². The first-order valence-electron chi connectivity index (χ1n) is 11.1. The maximum Gasteiger partial charge on any atom is 0.260 e. The molecule has 2 aromatic carbocycles. The Morgan fingerprint density at radius 3 is 2.32 bits per heavy atom. The van der Waals surface area contributed by atoms with Crippen LogP contribution in [0.2, 0.25) is 0 Å². The van der Waals surface area contributed by atoms with Gasteiger partial charge in [0.2, 0.25) is 10.0 Å². The van der Waals surface area contributed by atoms with Gasteiger partial charge in [-0.15, -0.1) is 0 Å². The molecule has 2 aliphatic heterocycles. The molecule has 0 spiro atoms. The van der Waals surface area contributed by atoms with Crippen LogP contribution in [0.4, 0.5) is 8.78 Å². The molecule has 2 aromatic rings. The smallest absolute Gasteiger partial charge is 0.260 e. The summed E-state index contributed by atoms with van der Waals surface area (Å²) in [6.45, 7) is 5.04. The summed E-state index contributed by atoms with van der Waals surface area (Å²) in [5.74, 6) is -1.47. The van der Waals surface area contributed by atoms with E-state index in [1.807, 2.05) is 42.2 Å². The van der Waals surface area contributed by atoms with Crippen molar-refractivity contribution in [3.05, 3.63) is 71.3 Å². The number of hydrogen-bond donors (Lipinski definition) is 0. The molecule has 2 atom stereocenters. The number of benzene rings is 2. The summed E-state index contributed by atoms with van der Waals surface area (Å²) in [4.78, 5) is 15.6. The number of amides is 1. The quantitative estimate of drug-likeness (QED) is 0.646. The topological polar surface area (TPSA) is 73.3 Å². The third kappa shape index (κ3) is 4.62. The van der Waals surface area contributed by atoms with E-state index in [4.69, 9.17) is 0 Å². The molecule has 7 nitrogen and oxygen atoms in total. The Bertz CT molecular complexity index is 1210. The van der Waals surface area contributed by atoms with Crippen LogP contribution in [0.25, 0.3) is 0 Å². The fourth-order valence-electron chi connectivity index (χ4n) is 4.60. The van der Waals surface area contributed by atoms with E-state index >= 15 is 0 Å². The van der Waals surface area contributed by atoms with Crippen LogP contribution in [0.15, 0.2) is 53.6 Å². The highest BCUT2D eigenvalue weighted by Gasteiger charge is 2.46. The highest BCUT2D eigenvalue weighted by atomic mass is 32.2. The Morgan fingerprint density at radius 2 is 1.71 bits per heavy atom. The molecule has 0 aromatic heterocycles. The van der Waals surface area contributed by atoms with Gasteiger partial charge in [-0.1, -0.05) is 30.3 Å². The number of hydrogen-bond acceptors (Lipinski definition) is 5. The second kappa shape index (κ2) is 9.16. The van der Waals surface area contributed by atoms with Crippen LogP contribution in [-0.2, 0) is 20.4 Å². The van der Waals surface area contributed by atoms with Crippen molar-refractivity contribution >= 4 is 21.6 Å². The summed E-state index contributed by atoms with van der Waals surface area (Å²) in [5, 5.41) is 5.91. The van der Waals surface area contributed by atoms with Crippen LogP contribution < -0.4 is 0 Å². The van der Waals surface area contributed by atoms with Crippen LogP contribution >= 0.6 is 0 Å². The van der Waals surface area contributed by atoms with Gasteiger partial charge in [0.25, 0.3) is 5.91 Å². The van der Waals surface area contributed by atoms with Crippen LogP contribution in [0.1, 0.15) is 31.4 Å². The summed E-state index contributed by atoms with van der Waals surface area (Å²) in [5.41, 5.74) is 0.264. The number of nitrogens with zero attached hydrogens (tertiary/aromatic N) is 4. The zero-order valence-electron chi connectivity index (χ0n) is 19.4. The summed E-state index contributed by atoms with van der Waals surface area (Å²) in [6.07, 6.45) is 1.40.